The number of carbonyl (C=O) groups excluding carboxylic acids is 1. The summed E-state index contributed by atoms with van der Waals surface area (Å²) >= 11 is 0. The summed E-state index contributed by atoms with van der Waals surface area (Å²) in [5, 5.41) is 0. The monoisotopic (exact) mass is 391 g/mol. The van der Waals surface area contributed by atoms with Crippen molar-refractivity contribution in [1.29, 1.82) is 0 Å². The molecule has 0 spiro atoms. The van der Waals surface area contributed by atoms with Crippen LogP contribution in [0.25, 0.3) is 5.57 Å². The molecule has 9 heteroatoms. The SMILES string of the molecule is CC(C)(C)OC(=O)N1C2C=C(c3c(F)c(F)c(F)c(F)c3F)CC1COC2. The second-order valence-electron chi connectivity index (χ2n) is 7.49. The first-order valence-corrected chi connectivity index (χ1v) is 8.32. The van der Waals surface area contributed by atoms with E-state index in [0.717, 1.165) is 0 Å². The molecule has 1 saturated heterocycles. The molecule has 0 aromatic heterocycles. The van der Waals surface area contributed by atoms with Crippen molar-refractivity contribution in [2.45, 2.75) is 44.9 Å². The lowest BCUT2D eigenvalue weighted by atomic mass is 9.89. The number of rotatable bonds is 1. The van der Waals surface area contributed by atoms with E-state index in [4.69, 9.17) is 9.47 Å². The summed E-state index contributed by atoms with van der Waals surface area (Å²) in [5.74, 6) is -9.98. The minimum atomic E-state index is -2.20. The molecule has 1 aromatic rings. The van der Waals surface area contributed by atoms with Crippen molar-refractivity contribution < 1.29 is 36.2 Å². The second-order valence-corrected chi connectivity index (χ2v) is 7.49. The Balaban J connectivity index is 2.01. The summed E-state index contributed by atoms with van der Waals surface area (Å²) in [4.78, 5) is 13.8. The Morgan fingerprint density at radius 3 is 2.11 bits per heavy atom. The van der Waals surface area contributed by atoms with Crippen molar-refractivity contribution in [2.24, 2.45) is 0 Å². The molecule has 2 aliphatic rings. The highest BCUT2D eigenvalue weighted by atomic mass is 19.2. The third-order valence-corrected chi connectivity index (χ3v) is 4.33. The molecule has 4 nitrogen and oxygen atoms in total. The van der Waals surface area contributed by atoms with Crippen LogP contribution in [0.5, 0.6) is 0 Å². The fourth-order valence-corrected chi connectivity index (χ4v) is 3.27. The van der Waals surface area contributed by atoms with Crippen molar-refractivity contribution in [3.8, 4) is 0 Å². The standard InChI is InChI=1S/C18H18F5NO3/c1-18(2,3)27-17(25)24-9-4-8(5-10(24)7-26-6-9)11-12(19)14(21)16(23)15(22)13(11)20/h4,9-10H,5-7H2,1-3H3. The number of hydrogen-bond acceptors (Lipinski definition) is 3. The summed E-state index contributed by atoms with van der Waals surface area (Å²) in [6.45, 7) is 5.16. The average molecular weight is 391 g/mol. The minimum Gasteiger partial charge on any atom is -0.444 e. The molecular weight excluding hydrogens is 373 g/mol. The number of amides is 1. The first-order valence-electron chi connectivity index (χ1n) is 8.32. The molecule has 2 aliphatic heterocycles. The maximum atomic E-state index is 14.1. The van der Waals surface area contributed by atoms with Gasteiger partial charge in [0.1, 0.15) is 5.60 Å². The van der Waals surface area contributed by atoms with Crippen molar-refractivity contribution >= 4 is 11.7 Å². The predicted octanol–water partition coefficient (Wildman–Crippen LogP) is 4.17. The molecular formula is C18H18F5NO3. The van der Waals surface area contributed by atoms with Gasteiger partial charge in [-0.3, -0.25) is 4.90 Å². The summed E-state index contributed by atoms with van der Waals surface area (Å²) in [5.41, 5.74) is -1.77. The van der Waals surface area contributed by atoms with E-state index < -0.39 is 58.4 Å². The van der Waals surface area contributed by atoms with E-state index in [-0.39, 0.29) is 25.2 Å². The van der Waals surface area contributed by atoms with Gasteiger partial charge in [-0.25, -0.2) is 26.7 Å². The Morgan fingerprint density at radius 1 is 1.04 bits per heavy atom. The van der Waals surface area contributed by atoms with Crippen LogP contribution in [0.1, 0.15) is 32.8 Å². The third-order valence-electron chi connectivity index (χ3n) is 4.33. The highest BCUT2D eigenvalue weighted by molar-refractivity contribution is 5.75. The lowest BCUT2D eigenvalue weighted by Gasteiger charge is -2.44. The van der Waals surface area contributed by atoms with Crippen LogP contribution in [0, 0.1) is 29.1 Å². The smallest absolute Gasteiger partial charge is 0.411 e. The van der Waals surface area contributed by atoms with E-state index in [1.807, 2.05) is 0 Å². The van der Waals surface area contributed by atoms with Gasteiger partial charge in [0.25, 0.3) is 0 Å². The number of ether oxygens (including phenoxy) is 2. The number of benzene rings is 1. The van der Waals surface area contributed by atoms with Crippen LogP contribution in [-0.2, 0) is 9.47 Å². The number of fused-ring (bicyclic) bond motifs is 2. The highest BCUT2D eigenvalue weighted by Crippen LogP contribution is 2.37. The van der Waals surface area contributed by atoms with Crippen LogP contribution in [-0.4, -0.2) is 41.9 Å². The molecule has 148 valence electrons. The van der Waals surface area contributed by atoms with Gasteiger partial charge in [-0.2, -0.15) is 0 Å². The lowest BCUT2D eigenvalue weighted by Crippen LogP contribution is -2.57. The van der Waals surface area contributed by atoms with Crippen LogP contribution in [0.4, 0.5) is 26.7 Å². The van der Waals surface area contributed by atoms with E-state index >= 15 is 0 Å². The summed E-state index contributed by atoms with van der Waals surface area (Å²) in [7, 11) is 0. The Hall–Kier alpha value is -2.16. The minimum absolute atomic E-state index is 0.0225. The average Bonchev–Trinajstić information content (AvgIpc) is 2.56. The van der Waals surface area contributed by atoms with Crippen molar-refractivity contribution in [3.05, 3.63) is 40.7 Å². The third kappa shape index (κ3) is 3.52. The Morgan fingerprint density at radius 2 is 1.59 bits per heavy atom. The first kappa shape index (κ1) is 19.6. The zero-order chi connectivity index (χ0) is 20.1. The van der Waals surface area contributed by atoms with Gasteiger partial charge in [-0.05, 0) is 32.8 Å². The molecule has 1 amide bonds. The van der Waals surface area contributed by atoms with Crippen LogP contribution in [0.15, 0.2) is 6.08 Å². The molecule has 3 rings (SSSR count). The van der Waals surface area contributed by atoms with Crippen LogP contribution in [0.3, 0.4) is 0 Å². The van der Waals surface area contributed by atoms with E-state index in [2.05, 4.69) is 0 Å². The Labute approximate surface area is 152 Å². The number of carbonyl (C=O) groups is 1. The van der Waals surface area contributed by atoms with E-state index in [1.165, 1.54) is 11.0 Å². The molecule has 27 heavy (non-hydrogen) atoms. The summed E-state index contributed by atoms with van der Waals surface area (Å²) in [6.07, 6.45) is 0.528. The topological polar surface area (TPSA) is 38.8 Å². The van der Waals surface area contributed by atoms with Crippen molar-refractivity contribution in [2.75, 3.05) is 13.2 Å². The molecule has 0 saturated carbocycles. The zero-order valence-corrected chi connectivity index (χ0v) is 14.9. The van der Waals surface area contributed by atoms with Gasteiger partial charge < -0.3 is 9.47 Å². The first-order chi connectivity index (χ1) is 12.5. The molecule has 1 aromatic carbocycles. The predicted molar refractivity (Wildman–Crippen MR) is 85.3 cm³/mol. The van der Waals surface area contributed by atoms with Gasteiger partial charge in [0.2, 0.25) is 5.82 Å². The number of hydrogen-bond donors (Lipinski definition) is 0. The molecule has 0 aliphatic carbocycles. The Kier molecular flexibility index (Phi) is 4.92. The highest BCUT2D eigenvalue weighted by Gasteiger charge is 2.41. The van der Waals surface area contributed by atoms with Crippen LogP contribution >= 0.6 is 0 Å². The Bertz CT molecular complexity index is 789. The van der Waals surface area contributed by atoms with Gasteiger partial charge >= 0.3 is 6.09 Å². The molecule has 0 radical (unpaired) electrons. The largest absolute Gasteiger partial charge is 0.444 e. The number of nitrogens with zero attached hydrogens (tertiary/aromatic N) is 1. The molecule has 0 N–H and O–H groups in total. The molecule has 2 atom stereocenters. The van der Waals surface area contributed by atoms with Gasteiger partial charge in [0.05, 0.1) is 30.9 Å². The zero-order valence-electron chi connectivity index (χ0n) is 14.9. The lowest BCUT2D eigenvalue weighted by molar-refractivity contribution is -0.0511. The van der Waals surface area contributed by atoms with E-state index in [9.17, 15) is 26.7 Å². The van der Waals surface area contributed by atoms with Crippen molar-refractivity contribution in [3.63, 3.8) is 0 Å². The molecule has 1 fully saturated rings. The maximum absolute atomic E-state index is 14.1. The summed E-state index contributed by atoms with van der Waals surface area (Å²) in [6, 6.07) is -1.38. The van der Waals surface area contributed by atoms with Gasteiger partial charge in [-0.15, -0.1) is 0 Å². The van der Waals surface area contributed by atoms with E-state index in [0.29, 0.717) is 0 Å². The summed E-state index contributed by atoms with van der Waals surface area (Å²) < 4.78 is 79.4. The molecule has 2 heterocycles. The van der Waals surface area contributed by atoms with Gasteiger partial charge in [0, 0.05) is 0 Å². The normalized spacial score (nSPS) is 22.5. The number of morpholine rings is 1. The van der Waals surface area contributed by atoms with Crippen LogP contribution < -0.4 is 0 Å². The quantitative estimate of drug-likeness (QED) is 0.410. The molecule has 2 bridgehead atoms. The van der Waals surface area contributed by atoms with Crippen molar-refractivity contribution in [1.82, 2.24) is 4.90 Å². The fraction of sp³-hybridized carbons (Fsp3) is 0.500. The van der Waals surface area contributed by atoms with Crippen LogP contribution in [0.2, 0.25) is 0 Å². The fourth-order valence-electron chi connectivity index (χ4n) is 3.27. The van der Waals surface area contributed by atoms with Gasteiger partial charge in [-0.1, -0.05) is 6.08 Å². The second kappa shape index (κ2) is 6.78. The maximum Gasteiger partial charge on any atom is 0.411 e. The van der Waals surface area contributed by atoms with E-state index in [1.54, 1.807) is 20.8 Å². The molecule has 2 unspecified atom stereocenters. The number of halogens is 5. The van der Waals surface area contributed by atoms with Gasteiger partial charge in [0.15, 0.2) is 23.3 Å².